The van der Waals surface area contributed by atoms with Gasteiger partial charge in [-0.3, -0.25) is 9.89 Å². The van der Waals surface area contributed by atoms with Crippen molar-refractivity contribution in [3.05, 3.63) is 34.7 Å². The van der Waals surface area contributed by atoms with E-state index in [1.54, 1.807) is 0 Å². The van der Waals surface area contributed by atoms with E-state index in [0.717, 1.165) is 37.1 Å². The highest BCUT2D eigenvalue weighted by Gasteiger charge is 2.23. The third kappa shape index (κ3) is 3.28. The van der Waals surface area contributed by atoms with Crippen LogP contribution < -0.4 is 0 Å². The number of H-pyrrole nitrogens is 2. The van der Waals surface area contributed by atoms with E-state index >= 15 is 0 Å². The van der Waals surface area contributed by atoms with Gasteiger partial charge in [0, 0.05) is 36.8 Å². The molecule has 25 heavy (non-hydrogen) atoms. The van der Waals surface area contributed by atoms with Gasteiger partial charge >= 0.3 is 0 Å². The molecule has 1 atom stereocenters. The number of aromatic nitrogens is 3. The van der Waals surface area contributed by atoms with Gasteiger partial charge < -0.3 is 9.88 Å². The molecule has 5 heteroatoms. The van der Waals surface area contributed by atoms with Gasteiger partial charge in [0.1, 0.15) is 5.69 Å². The van der Waals surface area contributed by atoms with E-state index in [-0.39, 0.29) is 11.9 Å². The molecule has 2 aromatic rings. The number of rotatable bonds is 6. The number of amides is 1. The Labute approximate surface area is 149 Å². The minimum Gasteiger partial charge on any atom is -0.356 e. The van der Waals surface area contributed by atoms with E-state index in [0.29, 0.717) is 6.42 Å². The lowest BCUT2D eigenvalue weighted by Gasteiger charge is -2.27. The Bertz CT molecular complexity index is 784. The quantitative estimate of drug-likeness (QED) is 0.841. The Morgan fingerprint density at radius 3 is 2.84 bits per heavy atom. The van der Waals surface area contributed by atoms with Gasteiger partial charge in [0.05, 0.1) is 11.7 Å². The fourth-order valence-electron chi connectivity index (χ4n) is 3.59. The van der Waals surface area contributed by atoms with Gasteiger partial charge in [-0.2, -0.15) is 5.10 Å². The molecule has 2 aromatic heterocycles. The number of likely N-dealkylation sites (N-methyl/N-ethyl adjacent to an activating group) is 1. The number of carbonyl (C=O) groups excluding carboxylic acids is 1. The van der Waals surface area contributed by atoms with Crippen molar-refractivity contribution >= 4 is 12.0 Å². The first-order chi connectivity index (χ1) is 12.1. The maximum atomic E-state index is 12.0. The number of aromatic amines is 2. The summed E-state index contributed by atoms with van der Waals surface area (Å²) >= 11 is 0. The van der Waals surface area contributed by atoms with Crippen molar-refractivity contribution in [2.24, 2.45) is 0 Å². The Morgan fingerprint density at radius 1 is 1.36 bits per heavy atom. The van der Waals surface area contributed by atoms with Gasteiger partial charge in [-0.1, -0.05) is 39.3 Å². The molecule has 1 aliphatic rings. The highest BCUT2D eigenvalue weighted by molar-refractivity contribution is 5.77. The Morgan fingerprint density at radius 2 is 2.16 bits per heavy atom. The van der Waals surface area contributed by atoms with Crippen molar-refractivity contribution in [1.29, 1.82) is 0 Å². The molecule has 0 saturated heterocycles. The number of fused-ring (bicyclic) bond motifs is 1. The number of carbonyl (C=O) groups is 1. The van der Waals surface area contributed by atoms with Crippen LogP contribution in [0.4, 0.5) is 0 Å². The number of nitrogens with zero attached hydrogens (tertiary/aromatic N) is 2. The van der Waals surface area contributed by atoms with Crippen LogP contribution in [0.1, 0.15) is 56.1 Å². The molecule has 3 rings (SSSR count). The number of hydrogen-bond donors (Lipinski definition) is 2. The van der Waals surface area contributed by atoms with Crippen LogP contribution in [-0.2, 0) is 24.1 Å². The number of hydrogen-bond acceptors (Lipinski definition) is 2. The normalized spacial score (nSPS) is 16.1. The van der Waals surface area contributed by atoms with E-state index in [1.165, 1.54) is 22.5 Å². The highest BCUT2D eigenvalue weighted by atomic mass is 16.2. The molecule has 2 heterocycles. The molecule has 0 aliphatic heterocycles. The smallest absolute Gasteiger partial charge is 0.222 e. The number of nitrogens with one attached hydrogen (secondary N) is 2. The molecule has 2 N–H and O–H groups in total. The van der Waals surface area contributed by atoms with Crippen molar-refractivity contribution < 1.29 is 4.79 Å². The topological polar surface area (TPSA) is 64.8 Å². The largest absolute Gasteiger partial charge is 0.356 e. The van der Waals surface area contributed by atoms with Gasteiger partial charge in [-0.25, -0.2) is 0 Å². The highest BCUT2D eigenvalue weighted by Crippen LogP contribution is 2.30. The molecule has 0 saturated carbocycles. The Hall–Kier alpha value is -2.30. The first-order valence-electron chi connectivity index (χ1n) is 9.31. The van der Waals surface area contributed by atoms with Crippen LogP contribution in [0, 0.1) is 0 Å². The van der Waals surface area contributed by atoms with Gasteiger partial charge in [0.15, 0.2) is 0 Å². The zero-order valence-corrected chi connectivity index (χ0v) is 15.6. The molecular weight excluding hydrogens is 312 g/mol. The van der Waals surface area contributed by atoms with Crippen LogP contribution in [0.15, 0.2) is 12.1 Å². The molecule has 1 unspecified atom stereocenters. The van der Waals surface area contributed by atoms with Crippen molar-refractivity contribution in [2.45, 2.75) is 58.9 Å². The SMILES string of the molecule is CCCc1c(-c2cc3c([nH]2)CC(N(C)C(=O)CC)C=C3)n[nH]c1CC. The van der Waals surface area contributed by atoms with Crippen molar-refractivity contribution in [1.82, 2.24) is 20.1 Å². The van der Waals surface area contributed by atoms with Gasteiger partial charge in [0.25, 0.3) is 0 Å². The van der Waals surface area contributed by atoms with E-state index in [1.807, 2.05) is 18.9 Å². The molecular formula is C20H28N4O. The van der Waals surface area contributed by atoms with Crippen LogP contribution in [0.2, 0.25) is 0 Å². The van der Waals surface area contributed by atoms with Gasteiger partial charge in [-0.15, -0.1) is 0 Å². The molecule has 5 nitrogen and oxygen atoms in total. The third-order valence-corrected chi connectivity index (χ3v) is 5.10. The minimum absolute atomic E-state index is 0.118. The monoisotopic (exact) mass is 340 g/mol. The third-order valence-electron chi connectivity index (χ3n) is 5.10. The summed E-state index contributed by atoms with van der Waals surface area (Å²) in [4.78, 5) is 17.4. The minimum atomic E-state index is 0.118. The van der Waals surface area contributed by atoms with Crippen LogP contribution in [0.25, 0.3) is 17.5 Å². The summed E-state index contributed by atoms with van der Waals surface area (Å²) in [6.45, 7) is 6.26. The van der Waals surface area contributed by atoms with Crippen LogP contribution in [0.3, 0.4) is 0 Å². The fraction of sp³-hybridized carbons (Fsp3) is 0.500. The van der Waals surface area contributed by atoms with Gasteiger partial charge in [0.2, 0.25) is 5.91 Å². The second kappa shape index (κ2) is 7.30. The maximum absolute atomic E-state index is 12.0. The zero-order valence-electron chi connectivity index (χ0n) is 15.6. The van der Waals surface area contributed by atoms with Crippen molar-refractivity contribution in [3.63, 3.8) is 0 Å². The van der Waals surface area contributed by atoms with Crippen LogP contribution in [-0.4, -0.2) is 39.1 Å². The summed E-state index contributed by atoms with van der Waals surface area (Å²) in [6.07, 6.45) is 8.71. The first-order valence-corrected chi connectivity index (χ1v) is 9.31. The standard InChI is InChI=1S/C20H28N4O/c1-5-8-15-16(6-2)22-23-20(15)18-11-13-9-10-14(12-17(13)21-18)24(4)19(25)7-3/h9-11,14,21H,5-8,12H2,1-4H3,(H,22,23). The summed E-state index contributed by atoms with van der Waals surface area (Å²) in [7, 11) is 1.89. The van der Waals surface area contributed by atoms with Crippen molar-refractivity contribution in [3.8, 4) is 11.4 Å². The van der Waals surface area contributed by atoms with Crippen LogP contribution >= 0.6 is 0 Å². The summed E-state index contributed by atoms with van der Waals surface area (Å²) in [5.74, 6) is 0.176. The van der Waals surface area contributed by atoms with Crippen LogP contribution in [0.5, 0.6) is 0 Å². The lowest BCUT2D eigenvalue weighted by atomic mass is 9.99. The zero-order chi connectivity index (χ0) is 18.0. The Kier molecular flexibility index (Phi) is 5.11. The average Bonchev–Trinajstić information content (AvgIpc) is 3.23. The predicted molar refractivity (Wildman–Crippen MR) is 101 cm³/mol. The summed E-state index contributed by atoms with van der Waals surface area (Å²) in [5.41, 5.74) is 7.04. The second-order valence-electron chi connectivity index (χ2n) is 6.74. The van der Waals surface area contributed by atoms with E-state index in [4.69, 9.17) is 0 Å². The summed E-state index contributed by atoms with van der Waals surface area (Å²) in [5, 5.41) is 7.77. The average molecular weight is 340 g/mol. The van der Waals surface area contributed by atoms with E-state index in [2.05, 4.69) is 47.2 Å². The second-order valence-corrected chi connectivity index (χ2v) is 6.74. The van der Waals surface area contributed by atoms with E-state index < -0.39 is 0 Å². The molecule has 1 aliphatic carbocycles. The molecule has 1 amide bonds. The lowest BCUT2D eigenvalue weighted by Crippen LogP contribution is -2.37. The molecule has 0 radical (unpaired) electrons. The molecule has 0 aromatic carbocycles. The molecule has 0 spiro atoms. The first kappa shape index (κ1) is 17.5. The van der Waals surface area contributed by atoms with Crippen molar-refractivity contribution in [2.75, 3.05) is 7.05 Å². The summed E-state index contributed by atoms with van der Waals surface area (Å²) in [6, 6.07) is 2.30. The predicted octanol–water partition coefficient (Wildman–Crippen LogP) is 3.73. The number of aryl methyl sites for hydroxylation is 1. The summed E-state index contributed by atoms with van der Waals surface area (Å²) < 4.78 is 0. The van der Waals surface area contributed by atoms with E-state index in [9.17, 15) is 4.79 Å². The van der Waals surface area contributed by atoms with Gasteiger partial charge in [-0.05, 0) is 24.5 Å². The Balaban J connectivity index is 1.88. The molecule has 0 bridgehead atoms. The lowest BCUT2D eigenvalue weighted by molar-refractivity contribution is -0.130. The molecule has 134 valence electrons. The molecule has 0 fully saturated rings. The fourth-order valence-corrected chi connectivity index (χ4v) is 3.59. The maximum Gasteiger partial charge on any atom is 0.222 e.